The van der Waals surface area contributed by atoms with Crippen molar-refractivity contribution < 1.29 is 9.84 Å². The van der Waals surface area contributed by atoms with Crippen molar-refractivity contribution in [1.82, 2.24) is 0 Å². The Morgan fingerprint density at radius 2 is 2.36 bits per heavy atom. The van der Waals surface area contributed by atoms with E-state index in [4.69, 9.17) is 9.84 Å². The van der Waals surface area contributed by atoms with Gasteiger partial charge < -0.3 is 9.84 Å². The van der Waals surface area contributed by atoms with Crippen LogP contribution in [0.5, 0.6) is 0 Å². The van der Waals surface area contributed by atoms with Crippen molar-refractivity contribution in [3.63, 3.8) is 0 Å². The highest BCUT2D eigenvalue weighted by molar-refractivity contribution is 5.13. The summed E-state index contributed by atoms with van der Waals surface area (Å²) in [4.78, 5) is 0. The Hall–Kier alpha value is -0.0800. The summed E-state index contributed by atoms with van der Waals surface area (Å²) < 4.78 is 5.51. The Balaban J connectivity index is 2.14. The maximum absolute atomic E-state index is 9.16. The molecule has 2 rings (SSSR count). The molecule has 0 spiro atoms. The maximum atomic E-state index is 9.16. The van der Waals surface area contributed by atoms with Crippen LogP contribution in [0, 0.1) is 11.8 Å². The summed E-state index contributed by atoms with van der Waals surface area (Å²) in [6.45, 7) is 4.67. The number of aliphatic hydroxyl groups excluding tert-OH is 1. The average molecular weight is 156 g/mol. The Bertz CT molecular complexity index is 165. The van der Waals surface area contributed by atoms with Crippen LogP contribution >= 0.6 is 0 Å². The molecule has 1 aliphatic heterocycles. The van der Waals surface area contributed by atoms with Crippen LogP contribution in [0.25, 0.3) is 0 Å². The molecule has 64 valence electrons. The summed E-state index contributed by atoms with van der Waals surface area (Å²) >= 11 is 0. The highest BCUT2D eigenvalue weighted by Crippen LogP contribution is 2.57. The Morgan fingerprint density at radius 3 is 2.82 bits per heavy atom. The molecule has 2 heteroatoms. The SMILES string of the molecule is CC[C@@H]1[C@@H](C)C[C@H]2O[C@@]12CO. The van der Waals surface area contributed by atoms with E-state index in [1.165, 1.54) is 0 Å². The molecule has 11 heavy (non-hydrogen) atoms. The molecule has 1 saturated carbocycles. The van der Waals surface area contributed by atoms with Gasteiger partial charge in [-0.3, -0.25) is 0 Å². The van der Waals surface area contributed by atoms with E-state index in [1.807, 2.05) is 0 Å². The van der Waals surface area contributed by atoms with E-state index in [2.05, 4.69) is 13.8 Å². The number of aliphatic hydroxyl groups is 1. The molecule has 1 saturated heterocycles. The summed E-state index contributed by atoms with van der Waals surface area (Å²) in [6, 6.07) is 0. The monoisotopic (exact) mass is 156 g/mol. The molecule has 2 nitrogen and oxygen atoms in total. The van der Waals surface area contributed by atoms with Crippen LogP contribution in [0.1, 0.15) is 26.7 Å². The highest BCUT2D eigenvalue weighted by atomic mass is 16.6. The molecule has 0 amide bonds. The lowest BCUT2D eigenvalue weighted by molar-refractivity contribution is 0.0853. The molecule has 0 radical (unpaired) electrons. The average Bonchev–Trinajstić information content (AvgIpc) is 2.60. The van der Waals surface area contributed by atoms with Gasteiger partial charge >= 0.3 is 0 Å². The van der Waals surface area contributed by atoms with Crippen molar-refractivity contribution >= 4 is 0 Å². The van der Waals surface area contributed by atoms with Crippen molar-refractivity contribution in [3.8, 4) is 0 Å². The van der Waals surface area contributed by atoms with Crippen molar-refractivity contribution in [3.05, 3.63) is 0 Å². The number of hydrogen-bond donors (Lipinski definition) is 1. The van der Waals surface area contributed by atoms with Gasteiger partial charge in [0.25, 0.3) is 0 Å². The first-order valence-electron chi connectivity index (χ1n) is 4.53. The first-order chi connectivity index (χ1) is 5.24. The zero-order valence-corrected chi connectivity index (χ0v) is 7.21. The molecule has 0 aromatic heterocycles. The zero-order valence-electron chi connectivity index (χ0n) is 7.21. The lowest BCUT2D eigenvalue weighted by Gasteiger charge is -2.21. The number of rotatable bonds is 2. The van der Waals surface area contributed by atoms with E-state index in [0.717, 1.165) is 18.8 Å². The van der Waals surface area contributed by atoms with Gasteiger partial charge in [-0.1, -0.05) is 20.3 Å². The number of ether oxygens (including phenoxy) is 1. The third-order valence-corrected chi connectivity index (χ3v) is 3.44. The van der Waals surface area contributed by atoms with Crippen molar-refractivity contribution in [2.24, 2.45) is 11.8 Å². The first-order valence-corrected chi connectivity index (χ1v) is 4.53. The molecule has 0 unspecified atom stereocenters. The minimum atomic E-state index is -0.103. The molecule has 0 aromatic rings. The topological polar surface area (TPSA) is 32.8 Å². The highest BCUT2D eigenvalue weighted by Gasteiger charge is 2.66. The van der Waals surface area contributed by atoms with E-state index in [0.29, 0.717) is 12.0 Å². The fraction of sp³-hybridized carbons (Fsp3) is 1.00. The fourth-order valence-electron chi connectivity index (χ4n) is 2.79. The van der Waals surface area contributed by atoms with E-state index >= 15 is 0 Å². The van der Waals surface area contributed by atoms with Gasteiger partial charge in [0.1, 0.15) is 5.60 Å². The summed E-state index contributed by atoms with van der Waals surface area (Å²) in [5, 5.41) is 9.16. The minimum Gasteiger partial charge on any atom is -0.393 e. The molecule has 0 aromatic carbocycles. The normalized spacial score (nSPS) is 54.3. The van der Waals surface area contributed by atoms with Gasteiger partial charge in [0.05, 0.1) is 12.7 Å². The number of fused-ring (bicyclic) bond motifs is 1. The number of hydrogen-bond acceptors (Lipinski definition) is 2. The van der Waals surface area contributed by atoms with Gasteiger partial charge in [-0.05, 0) is 18.3 Å². The predicted molar refractivity (Wildman–Crippen MR) is 42.3 cm³/mol. The van der Waals surface area contributed by atoms with Crippen LogP contribution < -0.4 is 0 Å². The summed E-state index contributed by atoms with van der Waals surface area (Å²) in [7, 11) is 0. The van der Waals surface area contributed by atoms with Crippen LogP contribution in [0.3, 0.4) is 0 Å². The van der Waals surface area contributed by atoms with Crippen LogP contribution in [0.4, 0.5) is 0 Å². The molecule has 4 atom stereocenters. The van der Waals surface area contributed by atoms with Gasteiger partial charge in [-0.15, -0.1) is 0 Å². The summed E-state index contributed by atoms with van der Waals surface area (Å²) in [6.07, 6.45) is 2.67. The Morgan fingerprint density at radius 1 is 1.64 bits per heavy atom. The van der Waals surface area contributed by atoms with Gasteiger partial charge in [-0.25, -0.2) is 0 Å². The third-order valence-electron chi connectivity index (χ3n) is 3.44. The second kappa shape index (κ2) is 2.20. The van der Waals surface area contributed by atoms with E-state index in [9.17, 15) is 0 Å². The van der Waals surface area contributed by atoms with E-state index in [1.54, 1.807) is 0 Å². The van der Waals surface area contributed by atoms with Crippen molar-refractivity contribution in [2.45, 2.75) is 38.4 Å². The Labute approximate surface area is 67.6 Å². The molecule has 1 N–H and O–H groups in total. The summed E-state index contributed by atoms with van der Waals surface area (Å²) in [5.41, 5.74) is -0.103. The molecule has 1 aliphatic carbocycles. The summed E-state index contributed by atoms with van der Waals surface area (Å²) in [5.74, 6) is 1.34. The van der Waals surface area contributed by atoms with Gasteiger partial charge in [0.15, 0.2) is 0 Å². The molecule has 1 heterocycles. The van der Waals surface area contributed by atoms with E-state index in [-0.39, 0.29) is 12.2 Å². The predicted octanol–water partition coefficient (Wildman–Crippen LogP) is 1.18. The van der Waals surface area contributed by atoms with Crippen LogP contribution in [-0.4, -0.2) is 23.4 Å². The standard InChI is InChI=1S/C9H16O2/c1-3-7-6(2)4-8-9(7,5-10)11-8/h6-8,10H,3-5H2,1-2H3/t6-,7+,8+,9-/m0/s1. The second-order valence-corrected chi connectivity index (χ2v) is 3.95. The largest absolute Gasteiger partial charge is 0.393 e. The molecule has 2 aliphatic rings. The molecular formula is C9H16O2. The molecule has 2 fully saturated rings. The third kappa shape index (κ3) is 0.798. The lowest BCUT2D eigenvalue weighted by Crippen LogP contribution is -2.28. The smallest absolute Gasteiger partial charge is 0.121 e. The number of epoxide rings is 1. The van der Waals surface area contributed by atoms with Gasteiger partial charge in [-0.2, -0.15) is 0 Å². The van der Waals surface area contributed by atoms with Crippen LogP contribution in [-0.2, 0) is 4.74 Å². The quantitative estimate of drug-likeness (QED) is 0.609. The lowest BCUT2D eigenvalue weighted by atomic mass is 9.87. The minimum absolute atomic E-state index is 0.103. The van der Waals surface area contributed by atoms with Crippen LogP contribution in [0.2, 0.25) is 0 Å². The molecular weight excluding hydrogens is 140 g/mol. The fourth-order valence-corrected chi connectivity index (χ4v) is 2.79. The zero-order chi connectivity index (χ0) is 8.06. The molecule has 0 bridgehead atoms. The van der Waals surface area contributed by atoms with E-state index < -0.39 is 0 Å². The Kier molecular flexibility index (Phi) is 1.52. The van der Waals surface area contributed by atoms with Crippen molar-refractivity contribution in [2.75, 3.05) is 6.61 Å². The first kappa shape index (κ1) is 7.56. The van der Waals surface area contributed by atoms with Gasteiger partial charge in [0, 0.05) is 0 Å². The van der Waals surface area contributed by atoms with Gasteiger partial charge in [0.2, 0.25) is 0 Å². The van der Waals surface area contributed by atoms with Crippen molar-refractivity contribution in [1.29, 1.82) is 0 Å². The van der Waals surface area contributed by atoms with Crippen LogP contribution in [0.15, 0.2) is 0 Å². The second-order valence-electron chi connectivity index (χ2n) is 3.95. The maximum Gasteiger partial charge on any atom is 0.121 e.